The third-order valence-corrected chi connectivity index (χ3v) is 6.00. The summed E-state index contributed by atoms with van der Waals surface area (Å²) in [5.41, 5.74) is 2.97. The van der Waals surface area contributed by atoms with Crippen molar-refractivity contribution in [1.82, 2.24) is 9.71 Å². The lowest BCUT2D eigenvalue weighted by Crippen LogP contribution is -2.29. The van der Waals surface area contributed by atoms with E-state index < -0.39 is 21.7 Å². The summed E-state index contributed by atoms with van der Waals surface area (Å²) in [5, 5.41) is 0. The van der Waals surface area contributed by atoms with E-state index in [1.807, 2.05) is 35.9 Å². The van der Waals surface area contributed by atoms with Crippen LogP contribution in [0.4, 0.5) is 4.39 Å². The molecule has 0 saturated heterocycles. The molecular weight excluding hydrogens is 459 g/mol. The van der Waals surface area contributed by atoms with Gasteiger partial charge in [0.15, 0.2) is 0 Å². The van der Waals surface area contributed by atoms with Gasteiger partial charge in [0.05, 0.1) is 12.9 Å². The van der Waals surface area contributed by atoms with Crippen molar-refractivity contribution in [2.45, 2.75) is 26.4 Å². The topological polar surface area (TPSA) is 94.6 Å². The second-order valence-corrected chi connectivity index (χ2v) is 10.1. The van der Waals surface area contributed by atoms with Crippen LogP contribution in [0.2, 0.25) is 0 Å². The van der Waals surface area contributed by atoms with Gasteiger partial charge in [-0.3, -0.25) is 4.79 Å². The number of carbonyl (C=O) groups is 1. The molecule has 2 aromatic carbocycles. The Bertz CT molecular complexity index is 1320. The van der Waals surface area contributed by atoms with Crippen molar-refractivity contribution in [3.63, 3.8) is 0 Å². The van der Waals surface area contributed by atoms with Crippen LogP contribution in [-0.4, -0.2) is 32.2 Å². The van der Waals surface area contributed by atoms with Crippen molar-refractivity contribution < 1.29 is 27.1 Å². The highest BCUT2D eigenvalue weighted by Crippen LogP contribution is 2.33. The van der Waals surface area contributed by atoms with Gasteiger partial charge in [-0.05, 0) is 67.1 Å². The van der Waals surface area contributed by atoms with Crippen LogP contribution in [0.5, 0.6) is 11.6 Å². The number of amides is 1. The smallest absolute Gasteiger partial charge is 0.264 e. The summed E-state index contributed by atoms with van der Waals surface area (Å²) in [6.07, 6.45) is 4.98. The highest BCUT2D eigenvalue weighted by atomic mass is 32.2. The molecule has 7 nitrogen and oxygen atoms in total. The highest BCUT2D eigenvalue weighted by molar-refractivity contribution is 7.89. The van der Waals surface area contributed by atoms with Crippen molar-refractivity contribution >= 4 is 15.9 Å². The van der Waals surface area contributed by atoms with Gasteiger partial charge < -0.3 is 9.47 Å². The molecule has 1 aliphatic carbocycles. The minimum Gasteiger partial charge on any atom is -0.489 e. The zero-order chi connectivity index (χ0) is 24.3. The predicted molar refractivity (Wildman–Crippen MR) is 126 cm³/mol. The molecule has 3 aromatic rings. The van der Waals surface area contributed by atoms with Gasteiger partial charge in [-0.15, -0.1) is 0 Å². The number of carbonyl (C=O) groups excluding carboxylic acids is 1. The molecule has 1 heterocycles. The maximum absolute atomic E-state index is 14.5. The molecule has 1 aliphatic rings. The normalized spacial score (nSPS) is 13.4. The van der Waals surface area contributed by atoms with Gasteiger partial charge in [0.1, 0.15) is 18.2 Å². The molecule has 1 amide bonds. The molecular formula is C25H25FN2O5S. The SMILES string of the molecule is Cc1c(-c2cccc(OCc3ccc(C(=O)NS(C)(=O)=O)cc3F)c2)ccnc1OCC1CC1. The van der Waals surface area contributed by atoms with Crippen LogP contribution in [0, 0.1) is 18.7 Å². The largest absolute Gasteiger partial charge is 0.489 e. The molecule has 4 rings (SSSR count). The number of sulfonamides is 1. The van der Waals surface area contributed by atoms with Crippen LogP contribution in [0.1, 0.15) is 34.3 Å². The van der Waals surface area contributed by atoms with Crippen molar-refractivity contribution in [2.24, 2.45) is 5.92 Å². The Morgan fingerprint density at radius 2 is 1.94 bits per heavy atom. The summed E-state index contributed by atoms with van der Waals surface area (Å²) in [6.45, 7) is 2.59. The summed E-state index contributed by atoms with van der Waals surface area (Å²) in [4.78, 5) is 16.3. The van der Waals surface area contributed by atoms with Gasteiger partial charge in [0.25, 0.3) is 5.91 Å². The molecule has 0 aliphatic heterocycles. The maximum atomic E-state index is 14.5. The second kappa shape index (κ2) is 9.80. The second-order valence-electron chi connectivity index (χ2n) is 8.37. The molecule has 0 radical (unpaired) electrons. The Hall–Kier alpha value is -3.46. The van der Waals surface area contributed by atoms with Crippen LogP contribution in [0.15, 0.2) is 54.7 Å². The number of nitrogens with zero attached hydrogens (tertiary/aromatic N) is 1. The molecule has 0 spiro atoms. The van der Waals surface area contributed by atoms with Crippen LogP contribution < -0.4 is 14.2 Å². The van der Waals surface area contributed by atoms with Gasteiger partial charge >= 0.3 is 0 Å². The highest BCUT2D eigenvalue weighted by Gasteiger charge is 2.23. The quantitative estimate of drug-likeness (QED) is 0.488. The van der Waals surface area contributed by atoms with E-state index >= 15 is 0 Å². The first-order valence-corrected chi connectivity index (χ1v) is 12.7. The summed E-state index contributed by atoms with van der Waals surface area (Å²) >= 11 is 0. The first kappa shape index (κ1) is 23.7. The number of nitrogens with one attached hydrogen (secondary N) is 1. The monoisotopic (exact) mass is 484 g/mol. The number of ether oxygens (including phenoxy) is 2. The number of hydrogen-bond acceptors (Lipinski definition) is 6. The third kappa shape index (κ3) is 6.11. The molecule has 0 unspecified atom stereocenters. The maximum Gasteiger partial charge on any atom is 0.264 e. The zero-order valence-electron chi connectivity index (χ0n) is 18.9. The summed E-state index contributed by atoms with van der Waals surface area (Å²) in [7, 11) is -3.74. The summed E-state index contributed by atoms with van der Waals surface area (Å²) in [5.74, 6) is 0.241. The fourth-order valence-corrected chi connectivity index (χ4v) is 3.86. The van der Waals surface area contributed by atoms with Crippen LogP contribution in [0.3, 0.4) is 0 Å². The molecule has 1 N–H and O–H groups in total. The summed E-state index contributed by atoms with van der Waals surface area (Å²) in [6, 6.07) is 13.1. The average molecular weight is 485 g/mol. The molecule has 34 heavy (non-hydrogen) atoms. The number of rotatable bonds is 9. The minimum absolute atomic E-state index is 0.0612. The van der Waals surface area contributed by atoms with E-state index in [2.05, 4.69) is 4.98 Å². The minimum atomic E-state index is -3.74. The number of pyridine rings is 1. The zero-order valence-corrected chi connectivity index (χ0v) is 19.7. The Labute approximate surface area is 198 Å². The van der Waals surface area contributed by atoms with Crippen LogP contribution in [0.25, 0.3) is 11.1 Å². The van der Waals surface area contributed by atoms with Gasteiger partial charge in [-0.1, -0.05) is 18.2 Å². The van der Waals surface area contributed by atoms with Crippen molar-refractivity contribution in [2.75, 3.05) is 12.9 Å². The standard InChI is InChI=1S/C25H25FN2O5S/c1-16-22(10-11-27-25(16)33-14-17-6-7-17)18-4-3-5-21(12-18)32-15-20-9-8-19(13-23(20)26)24(29)28-34(2,30)31/h3-5,8-13,17H,6-7,14-15H2,1-2H3,(H,28,29). The Kier molecular flexibility index (Phi) is 6.83. The van der Waals surface area contributed by atoms with E-state index in [1.165, 1.54) is 25.0 Å². The van der Waals surface area contributed by atoms with Crippen molar-refractivity contribution in [3.8, 4) is 22.8 Å². The van der Waals surface area contributed by atoms with E-state index in [0.717, 1.165) is 29.0 Å². The number of hydrogen-bond donors (Lipinski definition) is 1. The van der Waals surface area contributed by atoms with E-state index in [4.69, 9.17) is 9.47 Å². The number of aromatic nitrogens is 1. The third-order valence-electron chi connectivity index (χ3n) is 5.44. The van der Waals surface area contributed by atoms with Gasteiger partial charge in [-0.2, -0.15) is 0 Å². The first-order valence-electron chi connectivity index (χ1n) is 10.8. The Morgan fingerprint density at radius 3 is 2.65 bits per heavy atom. The van der Waals surface area contributed by atoms with Crippen molar-refractivity contribution in [1.29, 1.82) is 0 Å². The lowest BCUT2D eigenvalue weighted by molar-refractivity contribution is 0.0981. The van der Waals surface area contributed by atoms with E-state index in [9.17, 15) is 17.6 Å². The van der Waals surface area contributed by atoms with Crippen LogP contribution in [-0.2, 0) is 16.6 Å². The molecule has 1 aromatic heterocycles. The predicted octanol–water partition coefficient (Wildman–Crippen LogP) is 4.25. The number of halogens is 1. The molecule has 1 fully saturated rings. The Balaban J connectivity index is 1.45. The van der Waals surface area contributed by atoms with E-state index in [1.54, 1.807) is 12.3 Å². The fourth-order valence-electron chi connectivity index (χ4n) is 3.40. The first-order chi connectivity index (χ1) is 16.2. The van der Waals surface area contributed by atoms with Crippen molar-refractivity contribution in [3.05, 3.63) is 77.2 Å². The molecule has 0 atom stereocenters. The lowest BCUT2D eigenvalue weighted by atomic mass is 10.0. The van der Waals surface area contributed by atoms with Gasteiger partial charge in [0.2, 0.25) is 15.9 Å². The average Bonchev–Trinajstić information content (AvgIpc) is 3.61. The lowest BCUT2D eigenvalue weighted by Gasteiger charge is -2.13. The molecule has 178 valence electrons. The molecule has 0 bridgehead atoms. The summed E-state index contributed by atoms with van der Waals surface area (Å²) < 4.78 is 50.4. The van der Waals surface area contributed by atoms with Gasteiger partial charge in [0, 0.05) is 22.9 Å². The van der Waals surface area contributed by atoms with E-state index in [-0.39, 0.29) is 17.7 Å². The fraction of sp³-hybridized carbons (Fsp3) is 0.280. The molecule has 9 heteroatoms. The van der Waals surface area contributed by atoms with Gasteiger partial charge in [-0.25, -0.2) is 22.5 Å². The number of benzene rings is 2. The molecule has 1 saturated carbocycles. The van der Waals surface area contributed by atoms with E-state index in [0.29, 0.717) is 24.2 Å². The van der Waals surface area contributed by atoms with Crippen LogP contribution >= 0.6 is 0 Å². The Morgan fingerprint density at radius 1 is 1.15 bits per heavy atom.